The van der Waals surface area contributed by atoms with Crippen LogP contribution in [0.4, 0.5) is 5.95 Å². The van der Waals surface area contributed by atoms with Crippen LogP contribution in [0.25, 0.3) is 10.9 Å². The average molecular weight is 337 g/mol. The smallest absolute Gasteiger partial charge is 0.223 e. The summed E-state index contributed by atoms with van der Waals surface area (Å²) < 4.78 is 5.09. The van der Waals surface area contributed by atoms with E-state index in [1.165, 1.54) is 6.07 Å². The third kappa shape index (κ3) is 3.52. The molecule has 0 fully saturated rings. The molecule has 0 radical (unpaired) electrons. The summed E-state index contributed by atoms with van der Waals surface area (Å²) in [5.74, 6) is 0.767. The predicted octanol–water partition coefficient (Wildman–Crippen LogP) is 3.40. The molecule has 0 saturated heterocycles. The molecular weight excluding hydrogens is 318 g/mol. The minimum absolute atomic E-state index is 0.109. The second-order valence-electron chi connectivity index (χ2n) is 5.98. The quantitative estimate of drug-likeness (QED) is 0.694. The van der Waals surface area contributed by atoms with Crippen molar-refractivity contribution in [2.24, 2.45) is 0 Å². The van der Waals surface area contributed by atoms with Gasteiger partial charge in [-0.25, -0.2) is 9.97 Å². The number of hydrogen-bond donors (Lipinski definition) is 2. The molecule has 0 aliphatic heterocycles. The van der Waals surface area contributed by atoms with E-state index in [2.05, 4.69) is 15.3 Å². The number of phenolic OH excluding ortho intramolecular Hbond substituents is 1. The first-order valence-electron chi connectivity index (χ1n) is 7.93. The van der Waals surface area contributed by atoms with Gasteiger partial charge in [-0.3, -0.25) is 4.79 Å². The van der Waals surface area contributed by atoms with E-state index in [1.54, 1.807) is 43.6 Å². The number of rotatable bonds is 5. The lowest BCUT2D eigenvalue weighted by Crippen LogP contribution is -2.12. The second-order valence-corrected chi connectivity index (χ2v) is 5.98. The number of carbonyl (C=O) groups excluding carboxylic acids is 1. The summed E-state index contributed by atoms with van der Waals surface area (Å²) in [6, 6.07) is 10.0. The van der Waals surface area contributed by atoms with Gasteiger partial charge in [-0.2, -0.15) is 0 Å². The molecule has 6 nitrogen and oxygen atoms in total. The number of anilines is 1. The van der Waals surface area contributed by atoms with Crippen molar-refractivity contribution in [2.45, 2.75) is 19.9 Å². The summed E-state index contributed by atoms with van der Waals surface area (Å²) in [7, 11) is 1.56. The number of fused-ring (bicyclic) bond motifs is 1. The molecule has 0 unspecified atom stereocenters. The summed E-state index contributed by atoms with van der Waals surface area (Å²) in [4.78, 5) is 21.3. The van der Waals surface area contributed by atoms with Crippen molar-refractivity contribution < 1.29 is 14.6 Å². The zero-order valence-electron chi connectivity index (χ0n) is 14.3. The van der Waals surface area contributed by atoms with Crippen molar-refractivity contribution in [3.63, 3.8) is 0 Å². The standard InChI is InChI=1S/C19H19N3O3/c1-11(2)21-19-20-10-13-8-15(17(23)9-16(13)22-19)18(24)12-4-6-14(25-3)7-5-12/h4-11,23H,1-3H3,(H,20,21,22). The molecule has 0 bridgehead atoms. The van der Waals surface area contributed by atoms with E-state index < -0.39 is 0 Å². The summed E-state index contributed by atoms with van der Waals surface area (Å²) in [6.45, 7) is 3.98. The first-order valence-corrected chi connectivity index (χ1v) is 7.93. The molecule has 0 aliphatic carbocycles. The fourth-order valence-corrected chi connectivity index (χ4v) is 2.48. The maximum Gasteiger partial charge on any atom is 0.223 e. The molecule has 0 amide bonds. The van der Waals surface area contributed by atoms with E-state index in [0.717, 1.165) is 0 Å². The van der Waals surface area contributed by atoms with Crippen LogP contribution in [-0.4, -0.2) is 34.0 Å². The molecule has 25 heavy (non-hydrogen) atoms. The van der Waals surface area contributed by atoms with Crippen LogP contribution in [0.1, 0.15) is 29.8 Å². The van der Waals surface area contributed by atoms with E-state index in [4.69, 9.17) is 4.74 Å². The third-order valence-electron chi connectivity index (χ3n) is 3.71. The van der Waals surface area contributed by atoms with Crippen LogP contribution in [0.15, 0.2) is 42.6 Å². The minimum atomic E-state index is -0.272. The Labute approximate surface area is 145 Å². The highest BCUT2D eigenvalue weighted by Crippen LogP contribution is 2.27. The van der Waals surface area contributed by atoms with Gasteiger partial charge >= 0.3 is 0 Å². The van der Waals surface area contributed by atoms with Gasteiger partial charge in [0.05, 0.1) is 18.2 Å². The SMILES string of the molecule is COc1ccc(C(=O)c2cc3cnc(NC(C)C)nc3cc2O)cc1. The Morgan fingerprint density at radius 1 is 1.20 bits per heavy atom. The summed E-state index contributed by atoms with van der Waals surface area (Å²) in [5, 5.41) is 14.1. The molecular formula is C19H19N3O3. The van der Waals surface area contributed by atoms with Gasteiger partial charge in [-0.05, 0) is 44.2 Å². The largest absolute Gasteiger partial charge is 0.507 e. The molecule has 2 aromatic carbocycles. The fourth-order valence-electron chi connectivity index (χ4n) is 2.48. The number of aromatic nitrogens is 2. The Balaban J connectivity index is 1.98. The predicted molar refractivity (Wildman–Crippen MR) is 96.4 cm³/mol. The lowest BCUT2D eigenvalue weighted by molar-refractivity contribution is 0.103. The fraction of sp³-hybridized carbons (Fsp3) is 0.211. The van der Waals surface area contributed by atoms with E-state index >= 15 is 0 Å². The van der Waals surface area contributed by atoms with Gasteiger partial charge in [0.25, 0.3) is 0 Å². The number of nitrogens with zero attached hydrogens (tertiary/aromatic N) is 2. The topological polar surface area (TPSA) is 84.3 Å². The number of aromatic hydroxyl groups is 1. The van der Waals surface area contributed by atoms with Gasteiger partial charge in [-0.15, -0.1) is 0 Å². The molecule has 0 spiro atoms. The molecule has 128 valence electrons. The van der Waals surface area contributed by atoms with Gasteiger partial charge in [-0.1, -0.05) is 0 Å². The Morgan fingerprint density at radius 2 is 1.92 bits per heavy atom. The first kappa shape index (κ1) is 16.7. The first-order chi connectivity index (χ1) is 12.0. The highest BCUT2D eigenvalue weighted by molar-refractivity contribution is 6.12. The minimum Gasteiger partial charge on any atom is -0.507 e. The van der Waals surface area contributed by atoms with Crippen molar-refractivity contribution in [1.82, 2.24) is 9.97 Å². The molecule has 3 aromatic rings. The third-order valence-corrected chi connectivity index (χ3v) is 3.71. The lowest BCUT2D eigenvalue weighted by Gasteiger charge is -2.10. The summed E-state index contributed by atoms with van der Waals surface area (Å²) in [6.07, 6.45) is 1.64. The number of ketones is 1. The maximum atomic E-state index is 12.7. The van der Waals surface area contributed by atoms with E-state index in [1.807, 2.05) is 13.8 Å². The molecule has 2 N–H and O–H groups in total. The number of carbonyl (C=O) groups is 1. The van der Waals surface area contributed by atoms with E-state index in [9.17, 15) is 9.90 Å². The van der Waals surface area contributed by atoms with Crippen LogP contribution >= 0.6 is 0 Å². The van der Waals surface area contributed by atoms with Gasteiger partial charge < -0.3 is 15.2 Å². The number of hydrogen-bond acceptors (Lipinski definition) is 6. The van der Waals surface area contributed by atoms with Crippen LogP contribution in [-0.2, 0) is 0 Å². The highest BCUT2D eigenvalue weighted by atomic mass is 16.5. The number of benzene rings is 2. The number of ether oxygens (including phenoxy) is 1. The Morgan fingerprint density at radius 3 is 2.56 bits per heavy atom. The summed E-state index contributed by atoms with van der Waals surface area (Å²) >= 11 is 0. The van der Waals surface area contributed by atoms with Gasteiger partial charge in [0, 0.05) is 29.3 Å². The van der Waals surface area contributed by atoms with Gasteiger partial charge in [0.1, 0.15) is 11.5 Å². The molecule has 6 heteroatoms. The molecule has 0 atom stereocenters. The number of methoxy groups -OCH3 is 1. The van der Waals surface area contributed by atoms with Crippen LogP contribution in [0.5, 0.6) is 11.5 Å². The van der Waals surface area contributed by atoms with Gasteiger partial charge in [0.15, 0.2) is 5.78 Å². The molecule has 3 rings (SSSR count). The normalized spacial score (nSPS) is 10.9. The van der Waals surface area contributed by atoms with Crippen LogP contribution in [0, 0.1) is 0 Å². The zero-order valence-corrected chi connectivity index (χ0v) is 14.3. The molecule has 1 aromatic heterocycles. The van der Waals surface area contributed by atoms with E-state index in [0.29, 0.717) is 28.2 Å². The van der Waals surface area contributed by atoms with Crippen molar-refractivity contribution in [1.29, 1.82) is 0 Å². The van der Waals surface area contributed by atoms with Crippen LogP contribution < -0.4 is 10.1 Å². The van der Waals surface area contributed by atoms with Crippen molar-refractivity contribution in [3.05, 3.63) is 53.7 Å². The molecule has 0 saturated carbocycles. The lowest BCUT2D eigenvalue weighted by atomic mass is 10.0. The number of nitrogens with one attached hydrogen (secondary N) is 1. The Kier molecular flexibility index (Phi) is 4.52. The van der Waals surface area contributed by atoms with E-state index in [-0.39, 0.29) is 23.1 Å². The van der Waals surface area contributed by atoms with Crippen LogP contribution in [0.2, 0.25) is 0 Å². The average Bonchev–Trinajstić information content (AvgIpc) is 2.60. The maximum absolute atomic E-state index is 12.7. The Hall–Kier alpha value is -3.15. The zero-order chi connectivity index (χ0) is 18.0. The Bertz CT molecular complexity index is 921. The van der Waals surface area contributed by atoms with Crippen LogP contribution in [0.3, 0.4) is 0 Å². The molecule has 0 aliphatic rings. The second kappa shape index (κ2) is 6.76. The molecule has 1 heterocycles. The summed E-state index contributed by atoms with van der Waals surface area (Å²) in [5.41, 5.74) is 1.25. The van der Waals surface area contributed by atoms with Crippen molar-refractivity contribution in [2.75, 3.05) is 12.4 Å². The van der Waals surface area contributed by atoms with Crippen molar-refractivity contribution in [3.8, 4) is 11.5 Å². The monoisotopic (exact) mass is 337 g/mol. The number of phenols is 1. The van der Waals surface area contributed by atoms with Crippen molar-refractivity contribution >= 4 is 22.6 Å². The van der Waals surface area contributed by atoms with Gasteiger partial charge in [0.2, 0.25) is 5.95 Å². The highest BCUT2D eigenvalue weighted by Gasteiger charge is 2.16.